The summed E-state index contributed by atoms with van der Waals surface area (Å²) in [5.74, 6) is 0.733. The highest BCUT2D eigenvalue weighted by Gasteiger charge is 2.21. The van der Waals surface area contributed by atoms with Crippen molar-refractivity contribution in [3.05, 3.63) is 78.9 Å². The first-order valence-electron chi connectivity index (χ1n) is 7.16. The molecule has 4 heteroatoms. The molecule has 0 aromatic heterocycles. The smallest absolute Gasteiger partial charge is 0.207 e. The van der Waals surface area contributed by atoms with Crippen molar-refractivity contribution < 1.29 is 13.2 Å². The first kappa shape index (κ1) is 15.3. The molecule has 23 heavy (non-hydrogen) atoms. The Morgan fingerprint density at radius 2 is 1.35 bits per heavy atom. The molecule has 0 unspecified atom stereocenters. The molecule has 3 rings (SSSR count). The Morgan fingerprint density at radius 3 is 2.00 bits per heavy atom. The van der Waals surface area contributed by atoms with E-state index in [0.717, 1.165) is 11.3 Å². The van der Waals surface area contributed by atoms with Crippen molar-refractivity contribution in [2.75, 3.05) is 7.11 Å². The Morgan fingerprint density at radius 1 is 0.739 bits per heavy atom. The van der Waals surface area contributed by atoms with Gasteiger partial charge >= 0.3 is 0 Å². The fraction of sp³-hybridized carbons (Fsp3) is 0.0526. The van der Waals surface area contributed by atoms with Crippen molar-refractivity contribution in [3.8, 4) is 16.9 Å². The quantitative estimate of drug-likeness (QED) is 0.722. The Hall–Kier alpha value is -2.59. The van der Waals surface area contributed by atoms with E-state index < -0.39 is 9.84 Å². The van der Waals surface area contributed by atoms with Gasteiger partial charge in [0.2, 0.25) is 9.84 Å². The van der Waals surface area contributed by atoms with E-state index in [-0.39, 0.29) is 0 Å². The van der Waals surface area contributed by atoms with Gasteiger partial charge in [-0.1, -0.05) is 48.5 Å². The summed E-state index contributed by atoms with van der Waals surface area (Å²) in [6, 6.07) is 22.9. The number of rotatable bonds is 4. The molecular formula is C19H16O3S. The third kappa shape index (κ3) is 2.98. The van der Waals surface area contributed by atoms with Crippen LogP contribution in [0.15, 0.2) is 88.7 Å². The third-order valence-corrected chi connectivity index (χ3v) is 5.46. The van der Waals surface area contributed by atoms with Gasteiger partial charge in [0.25, 0.3) is 0 Å². The number of benzene rings is 3. The van der Waals surface area contributed by atoms with Gasteiger partial charge in [0.05, 0.1) is 16.9 Å². The van der Waals surface area contributed by atoms with Gasteiger partial charge in [-0.3, -0.25) is 0 Å². The van der Waals surface area contributed by atoms with Gasteiger partial charge in [-0.15, -0.1) is 0 Å². The second kappa shape index (κ2) is 6.26. The predicted molar refractivity (Wildman–Crippen MR) is 90.3 cm³/mol. The Kier molecular flexibility index (Phi) is 4.17. The van der Waals surface area contributed by atoms with Gasteiger partial charge in [-0.05, 0) is 35.9 Å². The first-order valence-corrected chi connectivity index (χ1v) is 8.65. The number of ether oxygens (including phenoxy) is 1. The Balaban J connectivity index is 2.14. The molecule has 0 atom stereocenters. The van der Waals surface area contributed by atoms with Crippen LogP contribution < -0.4 is 4.74 Å². The second-order valence-electron chi connectivity index (χ2n) is 5.04. The average Bonchev–Trinajstić information content (AvgIpc) is 2.62. The van der Waals surface area contributed by atoms with Gasteiger partial charge < -0.3 is 4.74 Å². The van der Waals surface area contributed by atoms with E-state index >= 15 is 0 Å². The fourth-order valence-corrected chi connectivity index (χ4v) is 3.94. The zero-order valence-electron chi connectivity index (χ0n) is 12.6. The van der Waals surface area contributed by atoms with E-state index in [4.69, 9.17) is 4.74 Å². The van der Waals surface area contributed by atoms with E-state index in [2.05, 4.69) is 0 Å². The summed E-state index contributed by atoms with van der Waals surface area (Å²) in [6.07, 6.45) is 0. The molecule has 0 radical (unpaired) electrons. The minimum atomic E-state index is -3.56. The van der Waals surface area contributed by atoms with Crippen molar-refractivity contribution in [2.45, 2.75) is 9.79 Å². The first-order chi connectivity index (χ1) is 11.1. The number of sulfone groups is 1. The monoisotopic (exact) mass is 324 g/mol. The van der Waals surface area contributed by atoms with Crippen LogP contribution in [0.3, 0.4) is 0 Å². The highest BCUT2D eigenvalue weighted by atomic mass is 32.2. The summed E-state index contributed by atoms with van der Waals surface area (Å²) in [6.45, 7) is 0. The fourth-order valence-electron chi connectivity index (χ4n) is 2.44. The van der Waals surface area contributed by atoms with Crippen LogP contribution in [0.5, 0.6) is 5.75 Å². The topological polar surface area (TPSA) is 43.4 Å². The number of hydrogen-bond acceptors (Lipinski definition) is 3. The lowest BCUT2D eigenvalue weighted by atomic mass is 10.1. The van der Waals surface area contributed by atoms with E-state index in [1.807, 2.05) is 36.4 Å². The van der Waals surface area contributed by atoms with E-state index in [0.29, 0.717) is 15.4 Å². The van der Waals surface area contributed by atoms with Crippen LogP contribution in [0, 0.1) is 0 Å². The van der Waals surface area contributed by atoms with Crippen LogP contribution >= 0.6 is 0 Å². The maximum absolute atomic E-state index is 12.9. The van der Waals surface area contributed by atoms with E-state index in [1.165, 1.54) is 0 Å². The van der Waals surface area contributed by atoms with Crippen molar-refractivity contribution in [2.24, 2.45) is 0 Å². The maximum Gasteiger partial charge on any atom is 0.207 e. The largest absolute Gasteiger partial charge is 0.497 e. The maximum atomic E-state index is 12.9. The van der Waals surface area contributed by atoms with Crippen LogP contribution in [0.1, 0.15) is 0 Å². The molecular weight excluding hydrogens is 308 g/mol. The summed E-state index contributed by atoms with van der Waals surface area (Å²) in [5, 5.41) is 0. The minimum Gasteiger partial charge on any atom is -0.497 e. The van der Waals surface area contributed by atoms with E-state index in [9.17, 15) is 8.42 Å². The highest BCUT2D eigenvalue weighted by molar-refractivity contribution is 7.91. The summed E-state index contributed by atoms with van der Waals surface area (Å²) in [4.78, 5) is 0.595. The molecule has 0 aliphatic carbocycles. The standard InChI is InChI=1S/C19H16O3S/c1-22-16-13-11-15(12-14-16)18-9-5-6-10-19(18)23(20,21)17-7-3-2-4-8-17/h2-14H,1H3. The van der Waals surface area contributed by atoms with Crippen LogP contribution in [0.4, 0.5) is 0 Å². The second-order valence-corrected chi connectivity index (χ2v) is 6.96. The lowest BCUT2D eigenvalue weighted by Crippen LogP contribution is -2.03. The van der Waals surface area contributed by atoms with Crippen LogP contribution in [-0.4, -0.2) is 15.5 Å². The molecule has 116 valence electrons. The lowest BCUT2D eigenvalue weighted by Gasteiger charge is -2.11. The van der Waals surface area contributed by atoms with Crippen LogP contribution in [0.25, 0.3) is 11.1 Å². The zero-order valence-corrected chi connectivity index (χ0v) is 13.5. The Labute approximate surface area is 136 Å². The summed E-state index contributed by atoms with van der Waals surface area (Å²) in [5.41, 5.74) is 1.51. The van der Waals surface area contributed by atoms with Crippen molar-refractivity contribution in [1.29, 1.82) is 0 Å². The lowest BCUT2D eigenvalue weighted by molar-refractivity contribution is 0.415. The SMILES string of the molecule is COc1ccc(-c2ccccc2S(=O)(=O)c2ccccc2)cc1. The molecule has 0 amide bonds. The highest BCUT2D eigenvalue weighted by Crippen LogP contribution is 2.32. The summed E-state index contributed by atoms with van der Waals surface area (Å²) in [7, 11) is -1.96. The molecule has 0 fully saturated rings. The predicted octanol–water partition coefficient (Wildman–Crippen LogP) is 4.20. The number of hydrogen-bond donors (Lipinski definition) is 0. The average molecular weight is 324 g/mol. The van der Waals surface area contributed by atoms with Crippen molar-refractivity contribution in [1.82, 2.24) is 0 Å². The summed E-state index contributed by atoms with van der Waals surface area (Å²) < 4.78 is 31.0. The molecule has 0 N–H and O–H groups in total. The van der Waals surface area contributed by atoms with Gasteiger partial charge in [0.15, 0.2) is 0 Å². The van der Waals surface area contributed by atoms with E-state index in [1.54, 1.807) is 49.6 Å². The molecule has 3 nitrogen and oxygen atoms in total. The van der Waals surface area contributed by atoms with Gasteiger partial charge in [0, 0.05) is 5.56 Å². The molecule has 0 aliphatic heterocycles. The third-order valence-electron chi connectivity index (χ3n) is 3.63. The molecule has 0 spiro atoms. The molecule has 3 aromatic carbocycles. The van der Waals surface area contributed by atoms with Crippen molar-refractivity contribution in [3.63, 3.8) is 0 Å². The van der Waals surface area contributed by atoms with Gasteiger partial charge in [0.1, 0.15) is 5.75 Å². The molecule has 0 bridgehead atoms. The van der Waals surface area contributed by atoms with Crippen LogP contribution in [-0.2, 0) is 9.84 Å². The molecule has 3 aromatic rings. The van der Waals surface area contributed by atoms with Crippen molar-refractivity contribution >= 4 is 9.84 Å². The van der Waals surface area contributed by atoms with Crippen LogP contribution in [0.2, 0.25) is 0 Å². The molecule has 0 saturated heterocycles. The minimum absolute atomic E-state index is 0.293. The Bertz CT molecular complexity index is 899. The summed E-state index contributed by atoms with van der Waals surface area (Å²) >= 11 is 0. The zero-order chi connectivity index (χ0) is 16.3. The van der Waals surface area contributed by atoms with Gasteiger partial charge in [-0.25, -0.2) is 8.42 Å². The molecule has 0 saturated carbocycles. The number of methoxy groups -OCH3 is 1. The molecule has 0 aliphatic rings. The molecule has 0 heterocycles. The normalized spacial score (nSPS) is 11.2. The van der Waals surface area contributed by atoms with Gasteiger partial charge in [-0.2, -0.15) is 0 Å².